The fourth-order valence-corrected chi connectivity index (χ4v) is 2.10. The van der Waals surface area contributed by atoms with Gasteiger partial charge in [-0.15, -0.1) is 0 Å². The largest absolute Gasteiger partial charge is 0.540 e. The Balaban J connectivity index is 3.37. The fourth-order valence-electron chi connectivity index (χ4n) is 1.30. The summed E-state index contributed by atoms with van der Waals surface area (Å²) in [5.41, 5.74) is -0.176. The van der Waals surface area contributed by atoms with Gasteiger partial charge in [-0.25, -0.2) is 4.39 Å². The molecule has 0 bridgehead atoms. The maximum absolute atomic E-state index is 13.9. The van der Waals surface area contributed by atoms with Crippen LogP contribution >= 0.6 is 0 Å². The maximum atomic E-state index is 13.9. The molecule has 1 aromatic carbocycles. The predicted octanol–water partition coefficient (Wildman–Crippen LogP) is 3.00. The molecule has 0 radical (unpaired) electrons. The smallest absolute Gasteiger partial charge is 0.242 e. The minimum Gasteiger partial charge on any atom is -0.540 e. The summed E-state index contributed by atoms with van der Waals surface area (Å²) in [4.78, 5) is 10.6. The number of carbonyl (C=O) groups excluding carboxylic acids is 1. The van der Waals surface area contributed by atoms with Gasteiger partial charge in [0.15, 0.2) is 23.6 Å². The molecule has 1 aromatic rings. The van der Waals surface area contributed by atoms with Crippen molar-refractivity contribution in [2.24, 2.45) is 0 Å². The number of hydrogen-bond donors (Lipinski definition) is 0. The number of rotatable bonds is 4. The molecule has 0 saturated heterocycles. The first kappa shape index (κ1) is 13.6. The molecule has 3 nitrogen and oxygen atoms in total. The lowest BCUT2D eigenvalue weighted by atomic mass is 10.2. The minimum atomic E-state index is -2.15. The maximum Gasteiger partial charge on any atom is 0.242 e. The third-order valence-electron chi connectivity index (χ3n) is 1.90. The Morgan fingerprint density at radius 2 is 1.82 bits per heavy atom. The summed E-state index contributed by atoms with van der Waals surface area (Å²) in [5, 5.41) is 0. The van der Waals surface area contributed by atoms with Crippen LogP contribution in [0.3, 0.4) is 0 Å². The van der Waals surface area contributed by atoms with E-state index in [1.807, 2.05) is 0 Å². The van der Waals surface area contributed by atoms with Crippen LogP contribution in [0.4, 0.5) is 8.78 Å². The highest BCUT2D eigenvalue weighted by molar-refractivity contribution is 6.70. The molecule has 0 aromatic heterocycles. The SMILES string of the molecule is COc1c(C=O)cc(F)c(O[Si](C)(C)C)c1F. The Bertz CT molecular complexity index is 441. The molecule has 0 amide bonds. The van der Waals surface area contributed by atoms with Crippen molar-refractivity contribution in [1.82, 2.24) is 0 Å². The van der Waals surface area contributed by atoms with E-state index in [1.54, 1.807) is 19.6 Å². The molecule has 0 unspecified atom stereocenters. The molecule has 0 heterocycles. The van der Waals surface area contributed by atoms with Crippen LogP contribution in [0.2, 0.25) is 19.6 Å². The first-order chi connectivity index (χ1) is 7.80. The molecule has 17 heavy (non-hydrogen) atoms. The third kappa shape index (κ3) is 3.03. The van der Waals surface area contributed by atoms with E-state index >= 15 is 0 Å². The second-order valence-electron chi connectivity index (χ2n) is 4.46. The average molecular weight is 260 g/mol. The molecular formula is C11H14F2O3Si. The summed E-state index contributed by atoms with van der Waals surface area (Å²) < 4.78 is 37.5. The van der Waals surface area contributed by atoms with Gasteiger partial charge in [0, 0.05) is 0 Å². The number of benzene rings is 1. The van der Waals surface area contributed by atoms with E-state index < -0.39 is 25.7 Å². The van der Waals surface area contributed by atoms with Crippen LogP contribution < -0.4 is 9.16 Å². The Labute approximate surface area is 99.5 Å². The lowest BCUT2D eigenvalue weighted by Crippen LogP contribution is -2.30. The Morgan fingerprint density at radius 3 is 2.24 bits per heavy atom. The number of hydrogen-bond acceptors (Lipinski definition) is 3. The van der Waals surface area contributed by atoms with Gasteiger partial charge in [-0.1, -0.05) is 0 Å². The number of halogens is 2. The van der Waals surface area contributed by atoms with Gasteiger partial charge >= 0.3 is 0 Å². The van der Waals surface area contributed by atoms with Gasteiger partial charge in [0.1, 0.15) is 0 Å². The van der Waals surface area contributed by atoms with Crippen molar-refractivity contribution in [3.63, 3.8) is 0 Å². The van der Waals surface area contributed by atoms with Gasteiger partial charge in [-0.05, 0) is 25.7 Å². The lowest BCUT2D eigenvalue weighted by Gasteiger charge is -2.21. The van der Waals surface area contributed by atoms with Gasteiger partial charge in [0.2, 0.25) is 14.1 Å². The summed E-state index contributed by atoms with van der Waals surface area (Å²) in [6.07, 6.45) is 0.337. The summed E-state index contributed by atoms with van der Waals surface area (Å²) in [5.74, 6) is -2.65. The molecule has 1 rings (SSSR count). The Morgan fingerprint density at radius 1 is 1.24 bits per heavy atom. The van der Waals surface area contributed by atoms with Crippen LogP contribution in [0.1, 0.15) is 10.4 Å². The number of ether oxygens (including phenoxy) is 1. The molecule has 6 heteroatoms. The fraction of sp³-hybridized carbons (Fsp3) is 0.364. The number of aldehydes is 1. The van der Waals surface area contributed by atoms with E-state index in [0.29, 0.717) is 6.29 Å². The predicted molar refractivity (Wildman–Crippen MR) is 62.3 cm³/mol. The van der Waals surface area contributed by atoms with Crippen molar-refractivity contribution < 1.29 is 22.7 Å². The van der Waals surface area contributed by atoms with Crippen LogP contribution in [-0.4, -0.2) is 21.7 Å². The Hall–Kier alpha value is -1.43. The van der Waals surface area contributed by atoms with Crippen molar-refractivity contribution >= 4 is 14.6 Å². The van der Waals surface area contributed by atoms with Crippen LogP contribution in [0.15, 0.2) is 6.07 Å². The van der Waals surface area contributed by atoms with Crippen LogP contribution in [-0.2, 0) is 0 Å². The molecule has 0 spiro atoms. The highest BCUT2D eigenvalue weighted by Crippen LogP contribution is 2.33. The zero-order valence-electron chi connectivity index (χ0n) is 10.1. The van der Waals surface area contributed by atoms with E-state index in [0.717, 1.165) is 6.07 Å². The molecule has 0 aliphatic rings. The topological polar surface area (TPSA) is 35.5 Å². The second-order valence-corrected chi connectivity index (χ2v) is 8.89. The van der Waals surface area contributed by atoms with Gasteiger partial charge < -0.3 is 9.16 Å². The molecule has 0 saturated carbocycles. The zero-order chi connectivity index (χ0) is 13.2. The summed E-state index contributed by atoms with van der Waals surface area (Å²) in [7, 11) is -0.938. The number of methoxy groups -OCH3 is 1. The van der Waals surface area contributed by atoms with Crippen molar-refractivity contribution in [3.05, 3.63) is 23.3 Å². The van der Waals surface area contributed by atoms with Gasteiger partial charge in [-0.2, -0.15) is 4.39 Å². The number of carbonyl (C=O) groups is 1. The summed E-state index contributed by atoms with van der Waals surface area (Å²) in [6, 6.07) is 0.907. The van der Waals surface area contributed by atoms with Crippen LogP contribution in [0.25, 0.3) is 0 Å². The third-order valence-corrected chi connectivity index (χ3v) is 2.72. The second kappa shape index (κ2) is 4.83. The monoisotopic (exact) mass is 260 g/mol. The van der Waals surface area contributed by atoms with Crippen LogP contribution in [0.5, 0.6) is 11.5 Å². The quantitative estimate of drug-likeness (QED) is 0.616. The van der Waals surface area contributed by atoms with Crippen molar-refractivity contribution in [3.8, 4) is 11.5 Å². The van der Waals surface area contributed by atoms with E-state index in [4.69, 9.17) is 9.16 Å². The minimum absolute atomic E-state index is 0.176. The zero-order valence-corrected chi connectivity index (χ0v) is 11.1. The average Bonchev–Trinajstić information content (AvgIpc) is 2.22. The molecule has 0 N–H and O–H groups in total. The first-order valence-electron chi connectivity index (χ1n) is 5.00. The highest BCUT2D eigenvalue weighted by Gasteiger charge is 2.25. The van der Waals surface area contributed by atoms with Gasteiger partial charge in [-0.3, -0.25) is 4.79 Å². The molecule has 0 fully saturated rings. The standard InChI is InChI=1S/C11H14F2O3Si/c1-15-10-7(6-14)5-8(12)11(9(10)13)16-17(2,3)4/h5-6H,1-4H3. The van der Waals surface area contributed by atoms with Gasteiger partial charge in [0.25, 0.3) is 0 Å². The lowest BCUT2D eigenvalue weighted by molar-refractivity contribution is 0.111. The normalized spacial score (nSPS) is 11.2. The first-order valence-corrected chi connectivity index (χ1v) is 8.41. The molecule has 0 atom stereocenters. The van der Waals surface area contributed by atoms with Gasteiger partial charge in [0.05, 0.1) is 12.7 Å². The van der Waals surface area contributed by atoms with Crippen molar-refractivity contribution in [2.45, 2.75) is 19.6 Å². The van der Waals surface area contributed by atoms with Crippen molar-refractivity contribution in [2.75, 3.05) is 7.11 Å². The molecule has 94 valence electrons. The summed E-state index contributed by atoms with van der Waals surface area (Å²) in [6.45, 7) is 5.39. The molecular weight excluding hydrogens is 246 g/mol. The van der Waals surface area contributed by atoms with E-state index in [-0.39, 0.29) is 11.3 Å². The summed E-state index contributed by atoms with van der Waals surface area (Å²) >= 11 is 0. The highest BCUT2D eigenvalue weighted by atomic mass is 28.4. The van der Waals surface area contributed by atoms with Crippen molar-refractivity contribution in [1.29, 1.82) is 0 Å². The van der Waals surface area contributed by atoms with E-state index in [2.05, 4.69) is 0 Å². The van der Waals surface area contributed by atoms with Crippen LogP contribution in [0, 0.1) is 11.6 Å². The molecule has 0 aliphatic heterocycles. The van der Waals surface area contributed by atoms with E-state index in [9.17, 15) is 13.6 Å². The van der Waals surface area contributed by atoms with E-state index in [1.165, 1.54) is 7.11 Å². The Kier molecular flexibility index (Phi) is 3.87. The molecule has 0 aliphatic carbocycles.